The zero-order valence-corrected chi connectivity index (χ0v) is 10.6. The van der Waals surface area contributed by atoms with E-state index in [2.05, 4.69) is 23.4 Å². The van der Waals surface area contributed by atoms with Gasteiger partial charge in [0.25, 0.3) is 0 Å². The fourth-order valence-electron chi connectivity index (χ4n) is 3.07. The molecule has 16 heavy (non-hydrogen) atoms. The molecule has 0 bridgehead atoms. The minimum absolute atomic E-state index is 0.671. The van der Waals surface area contributed by atoms with Gasteiger partial charge in [0.2, 0.25) is 0 Å². The molecule has 3 rings (SSSR count). The molecule has 0 radical (unpaired) electrons. The molecule has 0 N–H and O–H groups in total. The Labute approximate surface area is 99.1 Å². The van der Waals surface area contributed by atoms with Crippen molar-refractivity contribution >= 4 is 0 Å². The van der Waals surface area contributed by atoms with E-state index in [1.807, 2.05) is 6.92 Å². The van der Waals surface area contributed by atoms with E-state index in [1.54, 1.807) is 6.08 Å². The molecule has 0 unspecified atom stereocenters. The number of nitrogens with zero attached hydrogens (tertiary/aromatic N) is 2. The van der Waals surface area contributed by atoms with Crippen LogP contribution < -0.4 is 0 Å². The van der Waals surface area contributed by atoms with Crippen molar-refractivity contribution in [1.82, 2.24) is 9.80 Å². The number of hydrogen-bond acceptors (Lipinski definition) is 3. The molecule has 3 heterocycles. The smallest absolute Gasteiger partial charge is 0.0645 e. The maximum atomic E-state index is 5.24. The van der Waals surface area contributed by atoms with Crippen LogP contribution in [0.1, 0.15) is 13.3 Å². The average Bonchev–Trinajstić information content (AvgIpc) is 2.47. The first kappa shape index (κ1) is 12.1. The van der Waals surface area contributed by atoms with Crippen LogP contribution in [0.3, 0.4) is 0 Å². The molecule has 3 nitrogen and oxygen atoms in total. The van der Waals surface area contributed by atoms with Gasteiger partial charge in [-0.3, -0.25) is 4.90 Å². The van der Waals surface area contributed by atoms with Gasteiger partial charge in [-0.2, -0.15) is 0 Å². The first-order valence-electron chi connectivity index (χ1n) is 6.26. The molecule has 3 saturated heterocycles. The summed E-state index contributed by atoms with van der Waals surface area (Å²) in [5.74, 6) is 0. The van der Waals surface area contributed by atoms with Crippen molar-refractivity contribution in [1.29, 1.82) is 0 Å². The van der Waals surface area contributed by atoms with Crippen LogP contribution in [0, 0.1) is 5.41 Å². The molecular weight excluding hydrogens is 200 g/mol. The second-order valence-corrected chi connectivity index (χ2v) is 5.49. The van der Waals surface area contributed by atoms with Crippen LogP contribution in [0.5, 0.6) is 0 Å². The summed E-state index contributed by atoms with van der Waals surface area (Å²) in [6.07, 6.45) is 3.16. The van der Waals surface area contributed by atoms with Crippen LogP contribution in [-0.2, 0) is 4.74 Å². The summed E-state index contributed by atoms with van der Waals surface area (Å²) in [4.78, 5) is 5.07. The summed E-state index contributed by atoms with van der Waals surface area (Å²) in [6, 6.07) is 0.755. The van der Waals surface area contributed by atoms with Gasteiger partial charge in [0.1, 0.15) is 0 Å². The van der Waals surface area contributed by atoms with Gasteiger partial charge in [-0.1, -0.05) is 6.08 Å². The Kier molecular flexibility index (Phi) is 3.67. The standard InChI is InChI=1S/C10H18N2O.C3H6/c1-11-6-10(7-11)2-3-12(8-10)9-4-13-5-9;1-3-2/h9H,2-8H2,1H3;3H,1H2,2H3. The molecule has 3 fully saturated rings. The van der Waals surface area contributed by atoms with Gasteiger partial charge in [-0.15, -0.1) is 6.58 Å². The van der Waals surface area contributed by atoms with Gasteiger partial charge in [-0.25, -0.2) is 0 Å². The van der Waals surface area contributed by atoms with Crippen LogP contribution >= 0.6 is 0 Å². The lowest BCUT2D eigenvalue weighted by molar-refractivity contribution is -0.0668. The number of ether oxygens (including phenoxy) is 1. The second kappa shape index (κ2) is 4.86. The average molecular weight is 224 g/mol. The number of likely N-dealkylation sites (tertiary alicyclic amines) is 2. The highest BCUT2D eigenvalue weighted by atomic mass is 16.5. The molecular formula is C13H24N2O. The Morgan fingerprint density at radius 3 is 2.38 bits per heavy atom. The first-order chi connectivity index (χ1) is 7.69. The van der Waals surface area contributed by atoms with Gasteiger partial charge in [0.05, 0.1) is 19.3 Å². The molecule has 0 atom stereocenters. The highest BCUT2D eigenvalue weighted by Crippen LogP contribution is 2.39. The van der Waals surface area contributed by atoms with Gasteiger partial charge < -0.3 is 9.64 Å². The zero-order chi connectivity index (χ0) is 11.6. The van der Waals surface area contributed by atoms with Crippen LogP contribution in [0.25, 0.3) is 0 Å². The second-order valence-electron chi connectivity index (χ2n) is 5.49. The zero-order valence-electron chi connectivity index (χ0n) is 10.6. The minimum Gasteiger partial charge on any atom is -0.378 e. The summed E-state index contributed by atoms with van der Waals surface area (Å²) in [5.41, 5.74) is 0.671. The third kappa shape index (κ3) is 2.31. The number of hydrogen-bond donors (Lipinski definition) is 0. The Morgan fingerprint density at radius 2 is 1.94 bits per heavy atom. The summed E-state index contributed by atoms with van der Waals surface area (Å²) in [6.45, 7) is 12.5. The highest BCUT2D eigenvalue weighted by Gasteiger charge is 2.48. The predicted octanol–water partition coefficient (Wildman–Crippen LogP) is 1.21. The molecule has 0 aliphatic carbocycles. The summed E-state index contributed by atoms with van der Waals surface area (Å²) in [7, 11) is 2.22. The molecule has 3 heteroatoms. The number of allylic oxidation sites excluding steroid dienone is 1. The lowest BCUT2D eigenvalue weighted by atomic mass is 9.79. The molecule has 0 aromatic rings. The lowest BCUT2D eigenvalue weighted by Gasteiger charge is -2.47. The largest absolute Gasteiger partial charge is 0.378 e. The molecule has 3 aliphatic heterocycles. The Morgan fingerprint density at radius 1 is 1.31 bits per heavy atom. The summed E-state index contributed by atoms with van der Waals surface area (Å²) >= 11 is 0. The van der Waals surface area contributed by atoms with E-state index in [1.165, 1.54) is 32.6 Å². The summed E-state index contributed by atoms with van der Waals surface area (Å²) in [5, 5.41) is 0. The molecule has 0 amide bonds. The van der Waals surface area contributed by atoms with Crippen LogP contribution in [0.2, 0.25) is 0 Å². The fourth-order valence-corrected chi connectivity index (χ4v) is 3.07. The van der Waals surface area contributed by atoms with Crippen LogP contribution in [0.15, 0.2) is 12.7 Å². The van der Waals surface area contributed by atoms with E-state index in [9.17, 15) is 0 Å². The van der Waals surface area contributed by atoms with E-state index in [4.69, 9.17) is 4.74 Å². The molecule has 0 aromatic carbocycles. The van der Waals surface area contributed by atoms with Crippen molar-refractivity contribution in [2.45, 2.75) is 19.4 Å². The van der Waals surface area contributed by atoms with Crippen molar-refractivity contribution < 1.29 is 4.74 Å². The van der Waals surface area contributed by atoms with Crippen molar-refractivity contribution in [3.8, 4) is 0 Å². The molecule has 92 valence electrons. The third-order valence-electron chi connectivity index (χ3n) is 3.82. The third-order valence-corrected chi connectivity index (χ3v) is 3.82. The van der Waals surface area contributed by atoms with E-state index < -0.39 is 0 Å². The Balaban J connectivity index is 0.000000292. The molecule has 3 aliphatic rings. The summed E-state index contributed by atoms with van der Waals surface area (Å²) < 4.78 is 5.24. The Bertz CT molecular complexity index is 244. The topological polar surface area (TPSA) is 15.7 Å². The lowest BCUT2D eigenvalue weighted by Crippen LogP contribution is -2.57. The van der Waals surface area contributed by atoms with Gasteiger partial charge in [0.15, 0.2) is 0 Å². The Hall–Kier alpha value is -0.380. The van der Waals surface area contributed by atoms with E-state index >= 15 is 0 Å². The SMILES string of the molecule is C=CC.CN1CC2(CCN(C3COC3)C2)C1. The van der Waals surface area contributed by atoms with Crippen LogP contribution in [0.4, 0.5) is 0 Å². The first-order valence-corrected chi connectivity index (χ1v) is 6.26. The molecule has 0 aromatic heterocycles. The normalized spacial score (nSPS) is 29.1. The van der Waals surface area contributed by atoms with Crippen molar-refractivity contribution in [2.75, 3.05) is 46.4 Å². The monoisotopic (exact) mass is 224 g/mol. The van der Waals surface area contributed by atoms with E-state index in [0.29, 0.717) is 5.41 Å². The van der Waals surface area contributed by atoms with Crippen molar-refractivity contribution in [2.24, 2.45) is 5.41 Å². The van der Waals surface area contributed by atoms with E-state index in [0.717, 1.165) is 19.3 Å². The van der Waals surface area contributed by atoms with Gasteiger partial charge in [-0.05, 0) is 26.9 Å². The van der Waals surface area contributed by atoms with E-state index in [-0.39, 0.29) is 0 Å². The van der Waals surface area contributed by atoms with Crippen LogP contribution in [-0.4, -0.2) is 62.3 Å². The maximum absolute atomic E-state index is 5.24. The van der Waals surface area contributed by atoms with Gasteiger partial charge >= 0.3 is 0 Å². The predicted molar refractivity (Wildman–Crippen MR) is 66.6 cm³/mol. The molecule has 0 saturated carbocycles. The fraction of sp³-hybridized carbons (Fsp3) is 0.846. The van der Waals surface area contributed by atoms with Crippen molar-refractivity contribution in [3.63, 3.8) is 0 Å². The van der Waals surface area contributed by atoms with Gasteiger partial charge in [0, 0.05) is 25.0 Å². The molecule has 1 spiro atoms. The quantitative estimate of drug-likeness (QED) is 0.623. The number of rotatable bonds is 1. The van der Waals surface area contributed by atoms with Crippen molar-refractivity contribution in [3.05, 3.63) is 12.7 Å². The minimum atomic E-state index is 0.671. The highest BCUT2D eigenvalue weighted by molar-refractivity contribution is 5.02. The maximum Gasteiger partial charge on any atom is 0.0645 e.